The van der Waals surface area contributed by atoms with Crippen molar-refractivity contribution in [1.29, 1.82) is 0 Å². The minimum atomic E-state index is 0.669. The van der Waals surface area contributed by atoms with Gasteiger partial charge in [0.15, 0.2) is 0 Å². The van der Waals surface area contributed by atoms with Crippen LogP contribution in [0, 0.1) is 11.8 Å². The normalized spacial score (nSPS) is 28.1. The zero-order valence-corrected chi connectivity index (χ0v) is 10.8. The van der Waals surface area contributed by atoms with Crippen molar-refractivity contribution in [2.24, 2.45) is 11.8 Å². The summed E-state index contributed by atoms with van der Waals surface area (Å²) in [7, 11) is 0. The lowest BCUT2D eigenvalue weighted by molar-refractivity contribution is 0.512. The van der Waals surface area contributed by atoms with E-state index in [1.165, 1.54) is 25.5 Å². The number of nitrogens with zero attached hydrogens (tertiary/aromatic N) is 3. The van der Waals surface area contributed by atoms with Gasteiger partial charge in [-0.25, -0.2) is 4.98 Å². The molecule has 0 bridgehead atoms. The number of anilines is 1. The molecule has 2 fully saturated rings. The molecule has 0 spiro atoms. The van der Waals surface area contributed by atoms with Crippen molar-refractivity contribution in [2.75, 3.05) is 24.5 Å². The van der Waals surface area contributed by atoms with E-state index in [1.54, 1.807) is 0 Å². The van der Waals surface area contributed by atoms with Gasteiger partial charge in [-0.05, 0) is 18.3 Å². The molecule has 4 heteroatoms. The summed E-state index contributed by atoms with van der Waals surface area (Å²) in [5, 5.41) is 3.50. The minimum Gasteiger partial charge on any atom is -0.338 e. The third-order valence-electron chi connectivity index (χ3n) is 3.96. The Morgan fingerprint density at radius 3 is 3.18 bits per heavy atom. The lowest BCUT2D eigenvalue weighted by Gasteiger charge is -2.25. The van der Waals surface area contributed by atoms with E-state index in [0.717, 1.165) is 19.0 Å². The molecule has 3 heterocycles. The van der Waals surface area contributed by atoms with E-state index in [0.29, 0.717) is 12.0 Å². The fourth-order valence-electron chi connectivity index (χ4n) is 3.19. The lowest BCUT2D eigenvalue weighted by atomic mass is 10.1. The maximum absolute atomic E-state index is 4.57. The van der Waals surface area contributed by atoms with Gasteiger partial charge in [0.25, 0.3) is 0 Å². The minimum absolute atomic E-state index is 0.669. The highest BCUT2D eigenvalue weighted by molar-refractivity contribution is 5.36. The molecule has 0 aromatic carbocycles. The third kappa shape index (κ3) is 1.95. The first-order valence-corrected chi connectivity index (χ1v) is 6.74. The molecule has 1 aromatic heterocycles. The second kappa shape index (κ2) is 4.33. The molecule has 1 N–H and O–H groups in total. The van der Waals surface area contributed by atoms with Crippen LogP contribution in [-0.2, 0) is 6.54 Å². The van der Waals surface area contributed by atoms with Gasteiger partial charge in [-0.3, -0.25) is 0 Å². The van der Waals surface area contributed by atoms with Crippen LogP contribution in [-0.4, -0.2) is 35.2 Å². The van der Waals surface area contributed by atoms with Crippen LogP contribution in [0.4, 0.5) is 5.95 Å². The first-order chi connectivity index (χ1) is 8.25. The summed E-state index contributed by atoms with van der Waals surface area (Å²) in [5.41, 5.74) is 0. The Morgan fingerprint density at radius 2 is 2.35 bits per heavy atom. The number of imidazole rings is 1. The van der Waals surface area contributed by atoms with Crippen molar-refractivity contribution in [1.82, 2.24) is 14.9 Å². The molecule has 2 atom stereocenters. The monoisotopic (exact) mass is 234 g/mol. The molecular formula is C13H22N4. The Bertz CT molecular complexity index is 385. The molecule has 0 aliphatic carbocycles. The summed E-state index contributed by atoms with van der Waals surface area (Å²) in [6, 6.07) is 0.670. The van der Waals surface area contributed by atoms with Gasteiger partial charge in [0.2, 0.25) is 5.95 Å². The van der Waals surface area contributed by atoms with Gasteiger partial charge in [-0.2, -0.15) is 0 Å². The van der Waals surface area contributed by atoms with Crippen LogP contribution in [0.15, 0.2) is 12.4 Å². The number of rotatable bonds is 3. The summed E-state index contributed by atoms with van der Waals surface area (Å²) in [5.74, 6) is 2.68. The van der Waals surface area contributed by atoms with Crippen molar-refractivity contribution in [2.45, 2.75) is 32.9 Å². The second-order valence-corrected chi connectivity index (χ2v) is 5.74. The van der Waals surface area contributed by atoms with Crippen molar-refractivity contribution in [3.8, 4) is 0 Å². The molecule has 0 radical (unpaired) electrons. The topological polar surface area (TPSA) is 33.1 Å². The highest BCUT2D eigenvalue weighted by atomic mass is 15.4. The predicted molar refractivity (Wildman–Crippen MR) is 69.2 cm³/mol. The first-order valence-electron chi connectivity index (χ1n) is 6.74. The van der Waals surface area contributed by atoms with Gasteiger partial charge < -0.3 is 14.8 Å². The number of hydrogen-bond acceptors (Lipinski definition) is 3. The number of fused-ring (bicyclic) bond motifs is 1. The second-order valence-electron chi connectivity index (χ2n) is 5.74. The smallest absolute Gasteiger partial charge is 0.205 e. The van der Waals surface area contributed by atoms with Crippen molar-refractivity contribution in [3.05, 3.63) is 12.4 Å². The van der Waals surface area contributed by atoms with Crippen molar-refractivity contribution in [3.63, 3.8) is 0 Å². The molecular weight excluding hydrogens is 212 g/mol. The number of hydrogen-bond donors (Lipinski definition) is 1. The maximum atomic E-state index is 4.57. The van der Waals surface area contributed by atoms with E-state index in [1.807, 2.05) is 6.20 Å². The molecule has 3 rings (SSSR count). The number of nitrogens with one attached hydrogen (secondary N) is 1. The van der Waals surface area contributed by atoms with Crippen molar-refractivity contribution >= 4 is 5.95 Å². The van der Waals surface area contributed by atoms with E-state index in [-0.39, 0.29) is 0 Å². The molecule has 17 heavy (non-hydrogen) atoms. The van der Waals surface area contributed by atoms with Crippen LogP contribution in [0.5, 0.6) is 0 Å². The zero-order chi connectivity index (χ0) is 11.8. The quantitative estimate of drug-likeness (QED) is 0.856. The molecule has 0 saturated carbocycles. The number of aromatic nitrogens is 2. The zero-order valence-electron chi connectivity index (χ0n) is 10.8. The summed E-state index contributed by atoms with van der Waals surface area (Å²) < 4.78 is 2.31. The van der Waals surface area contributed by atoms with Gasteiger partial charge in [0.05, 0.1) is 0 Å². The molecule has 2 saturated heterocycles. The summed E-state index contributed by atoms with van der Waals surface area (Å²) in [4.78, 5) is 7.08. The molecule has 4 nitrogen and oxygen atoms in total. The molecule has 94 valence electrons. The average molecular weight is 234 g/mol. The standard InChI is InChI=1S/C13H22N4/c1-10(2)9-16-6-4-15-13(16)17-5-3-11-7-14-8-12(11)17/h4,6,10-12,14H,3,5,7-9H2,1-2H3/t11-,12+/m0/s1. The van der Waals surface area contributed by atoms with Gasteiger partial charge in [-0.15, -0.1) is 0 Å². The Morgan fingerprint density at radius 1 is 1.47 bits per heavy atom. The molecule has 1 aromatic rings. The van der Waals surface area contributed by atoms with E-state index >= 15 is 0 Å². The van der Waals surface area contributed by atoms with Crippen molar-refractivity contribution < 1.29 is 0 Å². The molecule has 2 aliphatic rings. The van der Waals surface area contributed by atoms with Crippen LogP contribution in [0.25, 0.3) is 0 Å². The fraction of sp³-hybridized carbons (Fsp3) is 0.769. The van der Waals surface area contributed by atoms with Gasteiger partial charge >= 0.3 is 0 Å². The SMILES string of the molecule is CC(C)Cn1ccnc1N1CC[C@H]2CNC[C@H]21. The van der Waals surface area contributed by atoms with Crippen LogP contribution >= 0.6 is 0 Å². The summed E-state index contributed by atoms with van der Waals surface area (Å²) in [6.07, 6.45) is 5.37. The largest absolute Gasteiger partial charge is 0.338 e. The van der Waals surface area contributed by atoms with Gasteiger partial charge in [-0.1, -0.05) is 13.8 Å². The Kier molecular flexibility index (Phi) is 2.82. The fourth-order valence-corrected chi connectivity index (χ4v) is 3.19. The third-order valence-corrected chi connectivity index (χ3v) is 3.96. The Labute approximate surface area is 103 Å². The van der Waals surface area contributed by atoms with Crippen LogP contribution in [0.3, 0.4) is 0 Å². The van der Waals surface area contributed by atoms with E-state index in [4.69, 9.17) is 0 Å². The summed E-state index contributed by atoms with van der Waals surface area (Å²) >= 11 is 0. The van der Waals surface area contributed by atoms with E-state index in [9.17, 15) is 0 Å². The first kappa shape index (κ1) is 11.1. The van der Waals surface area contributed by atoms with Crippen LogP contribution in [0.2, 0.25) is 0 Å². The highest BCUT2D eigenvalue weighted by Gasteiger charge is 2.39. The summed E-state index contributed by atoms with van der Waals surface area (Å²) in [6.45, 7) is 9.06. The average Bonchev–Trinajstić information content (AvgIpc) is 2.90. The lowest BCUT2D eigenvalue weighted by Crippen LogP contribution is -2.36. The van der Waals surface area contributed by atoms with E-state index < -0.39 is 0 Å². The van der Waals surface area contributed by atoms with Crippen LogP contribution in [0.1, 0.15) is 20.3 Å². The van der Waals surface area contributed by atoms with Gasteiger partial charge in [0.1, 0.15) is 0 Å². The Balaban J connectivity index is 1.81. The van der Waals surface area contributed by atoms with Crippen LogP contribution < -0.4 is 10.2 Å². The van der Waals surface area contributed by atoms with Gasteiger partial charge in [0, 0.05) is 44.6 Å². The predicted octanol–water partition coefficient (Wildman–Crippen LogP) is 1.34. The van der Waals surface area contributed by atoms with E-state index in [2.05, 4.69) is 39.8 Å². The highest BCUT2D eigenvalue weighted by Crippen LogP contribution is 2.31. The molecule has 0 amide bonds. The Hall–Kier alpha value is -1.03. The molecule has 2 aliphatic heterocycles. The maximum Gasteiger partial charge on any atom is 0.205 e. The molecule has 0 unspecified atom stereocenters.